The summed E-state index contributed by atoms with van der Waals surface area (Å²) in [6.45, 7) is 0.810. The first-order valence-electron chi connectivity index (χ1n) is 5.30. The van der Waals surface area contributed by atoms with Crippen LogP contribution >= 0.6 is 0 Å². The molecule has 0 aromatic heterocycles. The lowest BCUT2D eigenvalue weighted by Crippen LogP contribution is -2.26. The molecule has 0 amide bonds. The van der Waals surface area contributed by atoms with Gasteiger partial charge in [-0.1, -0.05) is 6.07 Å². The summed E-state index contributed by atoms with van der Waals surface area (Å²) in [5.74, 6) is 0. The molecule has 0 unspecified atom stereocenters. The van der Waals surface area contributed by atoms with Crippen LogP contribution in [0, 0.1) is 11.3 Å². The van der Waals surface area contributed by atoms with Gasteiger partial charge in [-0.05, 0) is 31.0 Å². The molecule has 2 N–H and O–H groups in total. The topological polar surface area (TPSA) is 53.0 Å². The first-order chi connectivity index (χ1) is 7.31. The molecule has 3 nitrogen and oxygen atoms in total. The van der Waals surface area contributed by atoms with E-state index in [2.05, 4.69) is 17.0 Å². The van der Waals surface area contributed by atoms with Gasteiger partial charge in [-0.2, -0.15) is 5.26 Å². The molecule has 0 heterocycles. The highest BCUT2D eigenvalue weighted by Crippen LogP contribution is 2.32. The summed E-state index contributed by atoms with van der Waals surface area (Å²) in [7, 11) is 0. The summed E-state index contributed by atoms with van der Waals surface area (Å²) in [4.78, 5) is 2.29. The Labute approximate surface area is 90.1 Å². The molecule has 1 aliphatic rings. The average molecular weight is 201 g/mol. The fourth-order valence-electron chi connectivity index (χ4n) is 1.78. The third kappa shape index (κ3) is 2.41. The summed E-state index contributed by atoms with van der Waals surface area (Å²) in [5, 5.41) is 8.62. The first kappa shape index (κ1) is 9.85. The quantitative estimate of drug-likeness (QED) is 0.759. The van der Waals surface area contributed by atoms with Crippen molar-refractivity contribution in [1.29, 1.82) is 5.26 Å². The summed E-state index contributed by atoms with van der Waals surface area (Å²) < 4.78 is 0. The van der Waals surface area contributed by atoms with Crippen molar-refractivity contribution in [3.05, 3.63) is 24.3 Å². The zero-order chi connectivity index (χ0) is 10.7. The zero-order valence-corrected chi connectivity index (χ0v) is 8.69. The van der Waals surface area contributed by atoms with E-state index >= 15 is 0 Å². The number of benzene rings is 1. The maximum absolute atomic E-state index is 8.62. The predicted molar refractivity (Wildman–Crippen MR) is 61.5 cm³/mol. The van der Waals surface area contributed by atoms with Crippen LogP contribution in [0.1, 0.15) is 19.3 Å². The van der Waals surface area contributed by atoms with Gasteiger partial charge in [0.15, 0.2) is 0 Å². The zero-order valence-electron chi connectivity index (χ0n) is 8.69. The van der Waals surface area contributed by atoms with Gasteiger partial charge in [-0.25, -0.2) is 0 Å². The van der Waals surface area contributed by atoms with Gasteiger partial charge in [-0.3, -0.25) is 0 Å². The molecule has 0 spiro atoms. The Morgan fingerprint density at radius 2 is 2.27 bits per heavy atom. The maximum Gasteiger partial charge on any atom is 0.0640 e. The Morgan fingerprint density at radius 3 is 2.87 bits per heavy atom. The van der Waals surface area contributed by atoms with E-state index in [0.29, 0.717) is 12.5 Å². The molecule has 0 bridgehead atoms. The number of rotatable bonds is 4. The third-order valence-electron chi connectivity index (χ3n) is 2.65. The minimum absolute atomic E-state index is 0.575. The van der Waals surface area contributed by atoms with Crippen LogP contribution in [0.2, 0.25) is 0 Å². The van der Waals surface area contributed by atoms with Crippen LogP contribution in [-0.4, -0.2) is 12.6 Å². The largest absolute Gasteiger partial charge is 0.399 e. The molecule has 0 radical (unpaired) electrons. The highest BCUT2D eigenvalue weighted by molar-refractivity contribution is 5.57. The minimum Gasteiger partial charge on any atom is -0.399 e. The molecule has 15 heavy (non-hydrogen) atoms. The molecule has 1 saturated carbocycles. The van der Waals surface area contributed by atoms with Crippen molar-refractivity contribution in [3.63, 3.8) is 0 Å². The van der Waals surface area contributed by atoms with Gasteiger partial charge in [-0.15, -0.1) is 0 Å². The lowest BCUT2D eigenvalue weighted by Gasteiger charge is -2.23. The number of hydrogen-bond acceptors (Lipinski definition) is 3. The molecule has 2 rings (SSSR count). The summed E-state index contributed by atoms with van der Waals surface area (Å²) >= 11 is 0. The molecule has 1 aromatic carbocycles. The molecule has 0 saturated heterocycles. The number of nitriles is 1. The molecule has 78 valence electrons. The van der Waals surface area contributed by atoms with Gasteiger partial charge >= 0.3 is 0 Å². The van der Waals surface area contributed by atoms with E-state index in [4.69, 9.17) is 11.0 Å². The SMILES string of the molecule is N#CCCN(c1cccc(N)c1)C1CC1. The molecule has 1 aliphatic carbocycles. The van der Waals surface area contributed by atoms with Crippen LogP contribution in [0.4, 0.5) is 11.4 Å². The lowest BCUT2D eigenvalue weighted by molar-refractivity contribution is 0.793. The Kier molecular flexibility index (Phi) is 2.77. The molecular weight excluding hydrogens is 186 g/mol. The fourth-order valence-corrected chi connectivity index (χ4v) is 1.78. The highest BCUT2D eigenvalue weighted by Gasteiger charge is 2.28. The summed E-state index contributed by atoms with van der Waals surface area (Å²) in [6, 6.07) is 10.7. The van der Waals surface area contributed by atoms with Crippen molar-refractivity contribution in [2.75, 3.05) is 17.2 Å². The smallest absolute Gasteiger partial charge is 0.0640 e. The average Bonchev–Trinajstić information content (AvgIpc) is 3.03. The monoisotopic (exact) mass is 201 g/mol. The molecule has 1 aromatic rings. The molecule has 0 aliphatic heterocycles. The number of anilines is 2. The second-order valence-electron chi connectivity index (χ2n) is 3.93. The van der Waals surface area contributed by atoms with E-state index in [1.165, 1.54) is 12.8 Å². The third-order valence-corrected chi connectivity index (χ3v) is 2.65. The molecule has 1 fully saturated rings. The standard InChI is InChI=1S/C12H15N3/c13-7-2-8-15(11-5-6-11)12-4-1-3-10(14)9-12/h1,3-4,9,11H,2,5-6,8,14H2. The van der Waals surface area contributed by atoms with Crippen molar-refractivity contribution in [2.45, 2.75) is 25.3 Å². The van der Waals surface area contributed by atoms with Gasteiger partial charge in [0.1, 0.15) is 0 Å². The van der Waals surface area contributed by atoms with Gasteiger partial charge in [0.05, 0.1) is 12.5 Å². The second-order valence-corrected chi connectivity index (χ2v) is 3.93. The lowest BCUT2D eigenvalue weighted by atomic mass is 10.2. The number of nitrogens with zero attached hydrogens (tertiary/aromatic N) is 2. The van der Waals surface area contributed by atoms with Crippen LogP contribution in [0.3, 0.4) is 0 Å². The van der Waals surface area contributed by atoms with Crippen LogP contribution in [0.25, 0.3) is 0 Å². The van der Waals surface area contributed by atoms with Crippen LogP contribution in [-0.2, 0) is 0 Å². The van der Waals surface area contributed by atoms with Gasteiger partial charge in [0.2, 0.25) is 0 Å². The number of nitrogens with two attached hydrogens (primary N) is 1. The Morgan fingerprint density at radius 1 is 1.47 bits per heavy atom. The Bertz CT molecular complexity index is 377. The van der Waals surface area contributed by atoms with Crippen molar-refractivity contribution in [2.24, 2.45) is 0 Å². The fraction of sp³-hybridized carbons (Fsp3) is 0.417. The normalized spacial score (nSPS) is 14.6. The second kappa shape index (κ2) is 4.22. The van der Waals surface area contributed by atoms with Crippen molar-refractivity contribution in [1.82, 2.24) is 0 Å². The van der Waals surface area contributed by atoms with Crippen molar-refractivity contribution < 1.29 is 0 Å². The Balaban J connectivity index is 2.13. The van der Waals surface area contributed by atoms with E-state index in [-0.39, 0.29) is 0 Å². The molecule has 3 heteroatoms. The van der Waals surface area contributed by atoms with E-state index in [9.17, 15) is 0 Å². The number of hydrogen-bond donors (Lipinski definition) is 1. The van der Waals surface area contributed by atoms with Gasteiger partial charge in [0.25, 0.3) is 0 Å². The minimum atomic E-state index is 0.575. The number of nitrogen functional groups attached to an aromatic ring is 1. The highest BCUT2D eigenvalue weighted by atomic mass is 15.2. The molecular formula is C12H15N3. The van der Waals surface area contributed by atoms with Crippen molar-refractivity contribution in [3.8, 4) is 6.07 Å². The van der Waals surface area contributed by atoms with E-state index in [1.54, 1.807) is 0 Å². The maximum atomic E-state index is 8.62. The Hall–Kier alpha value is -1.69. The van der Waals surface area contributed by atoms with Crippen LogP contribution < -0.4 is 10.6 Å². The van der Waals surface area contributed by atoms with Gasteiger partial charge < -0.3 is 10.6 Å². The van der Waals surface area contributed by atoms with E-state index in [1.807, 2.05) is 18.2 Å². The van der Waals surface area contributed by atoms with E-state index in [0.717, 1.165) is 17.9 Å². The van der Waals surface area contributed by atoms with Gasteiger partial charge in [0, 0.05) is 24.0 Å². The van der Waals surface area contributed by atoms with E-state index < -0.39 is 0 Å². The van der Waals surface area contributed by atoms with Crippen LogP contribution in [0.15, 0.2) is 24.3 Å². The first-order valence-corrected chi connectivity index (χ1v) is 5.30. The van der Waals surface area contributed by atoms with Crippen molar-refractivity contribution >= 4 is 11.4 Å². The summed E-state index contributed by atoms with van der Waals surface area (Å²) in [6.07, 6.45) is 3.05. The van der Waals surface area contributed by atoms with Crippen LogP contribution in [0.5, 0.6) is 0 Å². The predicted octanol–water partition coefficient (Wildman–Crippen LogP) is 2.15. The molecule has 0 atom stereocenters. The summed E-state index contributed by atoms with van der Waals surface area (Å²) in [5.41, 5.74) is 7.69.